The fourth-order valence-corrected chi connectivity index (χ4v) is 17.9. The van der Waals surface area contributed by atoms with Crippen molar-refractivity contribution in [2.24, 2.45) is 0 Å². The number of aromatic nitrogens is 6. The van der Waals surface area contributed by atoms with E-state index in [0.29, 0.717) is 22.8 Å². The molecule has 0 amide bonds. The van der Waals surface area contributed by atoms with Crippen LogP contribution in [0.15, 0.2) is 373 Å². The van der Waals surface area contributed by atoms with Crippen LogP contribution in [-0.2, 0) is 58.4 Å². The van der Waals surface area contributed by atoms with Gasteiger partial charge in [0.25, 0.3) is 0 Å². The van der Waals surface area contributed by atoms with Crippen LogP contribution in [0.1, 0.15) is 77.6 Å². The minimum atomic E-state index is -0.376. The summed E-state index contributed by atoms with van der Waals surface area (Å²) < 4.78 is 17.3. The van der Waals surface area contributed by atoms with E-state index in [1.165, 1.54) is 16.7 Å². The molecule has 622 valence electrons. The number of pyridine rings is 2. The Labute approximate surface area is 765 Å². The predicted octanol–water partition coefficient (Wildman–Crippen LogP) is 29.9. The first-order valence-corrected chi connectivity index (χ1v) is 42.5. The number of nitrogens with zero attached hydrogens (tertiary/aromatic N) is 6. The molecule has 0 saturated carbocycles. The number of phenols is 2. The van der Waals surface area contributed by atoms with Gasteiger partial charge in [0.05, 0.1) is 57.0 Å². The monoisotopic (exact) mass is 2000 g/mol. The molecule has 22 rings (SSSR count). The molecule has 0 spiro atoms. The molecule has 6 aromatic heterocycles. The third-order valence-electron chi connectivity index (χ3n) is 24.7. The number of aromatic hydroxyl groups is 2. The normalized spacial score (nSPS) is 11.9. The summed E-state index contributed by atoms with van der Waals surface area (Å²) in [7, 11) is 0. The SMILES string of the molecule is CC(C)(C)c1ccc(-n2c(-c3ccccc3O)nc3c(-c4[c-]c(-c5cc6c(cn5)oc5c7ccccc7ccc65)cc(-c5ccccc5)c4)cccc32)c(-c2ccccc2)c1.CC(C)(C)c1ccc(-n2c(-c3ccccc3O)nc3c(-c4[c-]c(-c5cc6c(cn5)oc5c7ccccc7ccc65)cc(C(C)(C)c5ccccc5)c4)cccc32)c(-c2ccccc2)c1.[Pt].[Pt]. The summed E-state index contributed by atoms with van der Waals surface area (Å²) in [4.78, 5) is 21.0. The molecule has 16 aromatic carbocycles. The molecule has 0 unspecified atom stereocenters. The number of fused-ring (bicyclic) bond motifs is 12. The van der Waals surface area contributed by atoms with Gasteiger partial charge in [0.15, 0.2) is 11.2 Å². The number of benzene rings is 16. The minimum Gasteiger partial charge on any atom is -0.507 e. The number of para-hydroxylation sites is 4. The molecule has 0 radical (unpaired) electrons. The molecule has 0 bridgehead atoms. The first-order valence-electron chi connectivity index (χ1n) is 42.5. The number of hydrogen-bond acceptors (Lipinski definition) is 8. The summed E-state index contributed by atoms with van der Waals surface area (Å²) in [5, 5.41) is 31.4. The van der Waals surface area contributed by atoms with E-state index in [0.717, 1.165) is 183 Å². The van der Waals surface area contributed by atoms with Gasteiger partial charge in [0.1, 0.15) is 34.3 Å². The van der Waals surface area contributed by atoms with Crippen LogP contribution in [0.3, 0.4) is 0 Å². The second-order valence-corrected chi connectivity index (χ2v) is 35.0. The molecular weight excluding hydrogens is 1920 g/mol. The largest absolute Gasteiger partial charge is 0.507 e. The van der Waals surface area contributed by atoms with Gasteiger partial charge >= 0.3 is 0 Å². The summed E-state index contributed by atoms with van der Waals surface area (Å²) in [6.07, 6.45) is 3.68. The molecule has 0 aliphatic rings. The van der Waals surface area contributed by atoms with Crippen molar-refractivity contribution >= 4 is 87.5 Å². The maximum Gasteiger partial charge on any atom is 0.152 e. The summed E-state index contributed by atoms with van der Waals surface area (Å²) in [6, 6.07) is 129. The van der Waals surface area contributed by atoms with Crippen LogP contribution >= 0.6 is 0 Å². The standard InChI is InChI=1S/C59H46N3O2.C56H40N3O2.2Pt/c1-58(2,3)42-28-30-51(48(34-42)37-17-8-6-9-18-37)62-52-25-16-24-44(55(52)61-57(62)47-23-14-15-26-53(47)63)39-31-40(33-43(32-39)59(4,5)41-20-10-7-11-21-41)50-35-49-46-29-27-38-19-12-13-22-45(38)56(46)64-54(49)36-60-50;1-56(2,3)41-26-28-49(46(32-41)36-17-8-5-9-18-36)59-50-23-14-22-42(53(50)58-55(59)45-21-12-13-24-51(45)60)39-29-38(35-15-6-4-7-16-35)30-40(31-39)48-33-47-44-27-25-37-19-10-11-20-43(37)54(44)61-52(47)34-57-48;;/h6-30,32-36,63H,1-5H3;4-30,32-34,60H,1-3H3;;/q2*-1;;. The Kier molecular flexibility index (Phi) is 21.5. The van der Waals surface area contributed by atoms with Crippen molar-refractivity contribution in [3.63, 3.8) is 0 Å². The molecule has 0 aliphatic carbocycles. The van der Waals surface area contributed by atoms with E-state index >= 15 is 0 Å². The van der Waals surface area contributed by atoms with Crippen molar-refractivity contribution in [3.05, 3.63) is 399 Å². The van der Waals surface area contributed by atoms with Crippen molar-refractivity contribution in [1.29, 1.82) is 0 Å². The number of phenolic OH excluding ortho intramolecular Hbond substituents is 2. The predicted molar refractivity (Wildman–Crippen MR) is 513 cm³/mol. The Hall–Kier alpha value is -14.1. The summed E-state index contributed by atoms with van der Waals surface area (Å²) in [6.45, 7) is 18.0. The fraction of sp³-hybridized carbons (Fsp3) is 0.0957. The van der Waals surface area contributed by atoms with Gasteiger partial charge in [-0.2, -0.15) is 0 Å². The van der Waals surface area contributed by atoms with Crippen molar-refractivity contribution in [3.8, 4) is 124 Å². The second-order valence-electron chi connectivity index (χ2n) is 35.0. The Morgan fingerprint density at radius 3 is 1.13 bits per heavy atom. The van der Waals surface area contributed by atoms with E-state index < -0.39 is 0 Å². The third-order valence-corrected chi connectivity index (χ3v) is 24.7. The van der Waals surface area contributed by atoms with Gasteiger partial charge < -0.3 is 19.0 Å². The Bertz CT molecular complexity index is 7990. The van der Waals surface area contributed by atoms with Gasteiger partial charge in [-0.05, 0) is 128 Å². The van der Waals surface area contributed by atoms with E-state index in [-0.39, 0.29) is 69.9 Å². The molecule has 0 saturated heterocycles. The average Bonchev–Trinajstić information content (AvgIpc) is 1.60. The summed E-state index contributed by atoms with van der Waals surface area (Å²) in [5.41, 5.74) is 27.5. The molecule has 22 aromatic rings. The molecule has 12 heteroatoms. The third kappa shape index (κ3) is 15.0. The maximum atomic E-state index is 11.5. The maximum absolute atomic E-state index is 11.5. The zero-order valence-corrected chi connectivity index (χ0v) is 75.7. The molecule has 0 fully saturated rings. The first-order chi connectivity index (χ1) is 60.8. The second kappa shape index (κ2) is 33.1. The molecule has 2 N–H and O–H groups in total. The summed E-state index contributed by atoms with van der Waals surface area (Å²) >= 11 is 0. The topological polar surface area (TPSA) is 128 Å². The fourth-order valence-electron chi connectivity index (χ4n) is 17.9. The van der Waals surface area contributed by atoms with Gasteiger partial charge in [0.2, 0.25) is 0 Å². The van der Waals surface area contributed by atoms with Crippen LogP contribution in [0.5, 0.6) is 11.5 Å². The number of rotatable bonds is 13. The average molecular weight is 2010 g/mol. The van der Waals surface area contributed by atoms with Crippen molar-refractivity contribution < 1.29 is 61.2 Å². The number of furan rings is 2. The van der Waals surface area contributed by atoms with E-state index in [9.17, 15) is 10.2 Å². The van der Waals surface area contributed by atoms with E-state index in [1.54, 1.807) is 12.1 Å². The molecular formula is C115H86N6O4Pt2-2. The van der Waals surface area contributed by atoms with Gasteiger partial charge in [0, 0.05) is 102 Å². The minimum absolute atomic E-state index is 0. The Morgan fingerprint density at radius 2 is 0.677 bits per heavy atom. The van der Waals surface area contributed by atoms with Crippen LogP contribution < -0.4 is 0 Å². The van der Waals surface area contributed by atoms with Crippen molar-refractivity contribution in [2.45, 2.75) is 71.6 Å². The molecule has 127 heavy (non-hydrogen) atoms. The van der Waals surface area contributed by atoms with Crippen LogP contribution in [0.25, 0.3) is 200 Å². The molecule has 6 heterocycles. The van der Waals surface area contributed by atoms with Gasteiger partial charge in [-0.3, -0.25) is 19.1 Å². The van der Waals surface area contributed by atoms with Crippen molar-refractivity contribution in [1.82, 2.24) is 29.1 Å². The molecule has 10 nitrogen and oxygen atoms in total. The van der Waals surface area contributed by atoms with E-state index in [2.05, 4.69) is 350 Å². The number of hydrogen-bond donors (Lipinski definition) is 2. The first kappa shape index (κ1) is 82.5. The zero-order chi connectivity index (χ0) is 85.0. The van der Waals surface area contributed by atoms with Gasteiger partial charge in [-0.15, -0.1) is 53.1 Å². The van der Waals surface area contributed by atoms with Gasteiger partial charge in [-0.1, -0.05) is 338 Å². The number of imidazole rings is 2. The quantitative estimate of drug-likeness (QED) is 0.109. The molecule has 0 aliphatic heterocycles. The summed E-state index contributed by atoms with van der Waals surface area (Å²) in [5.74, 6) is 1.62. The smallest absolute Gasteiger partial charge is 0.152 e. The van der Waals surface area contributed by atoms with Gasteiger partial charge in [-0.25, -0.2) is 9.97 Å². The van der Waals surface area contributed by atoms with Crippen LogP contribution in [0.2, 0.25) is 0 Å². The van der Waals surface area contributed by atoms with Crippen LogP contribution in [0, 0.1) is 12.1 Å². The zero-order valence-electron chi connectivity index (χ0n) is 71.2. The van der Waals surface area contributed by atoms with Crippen LogP contribution in [0.4, 0.5) is 0 Å². The Balaban J connectivity index is 0.000000163. The Morgan fingerprint density at radius 1 is 0.291 bits per heavy atom. The van der Waals surface area contributed by atoms with Crippen LogP contribution in [-0.4, -0.2) is 39.3 Å². The van der Waals surface area contributed by atoms with E-state index in [4.69, 9.17) is 28.8 Å². The van der Waals surface area contributed by atoms with Crippen molar-refractivity contribution in [2.75, 3.05) is 0 Å². The molecule has 0 atom stereocenters. The van der Waals surface area contributed by atoms with E-state index in [1.807, 2.05) is 79.1 Å².